The van der Waals surface area contributed by atoms with Crippen molar-refractivity contribution in [3.05, 3.63) is 34.6 Å². The van der Waals surface area contributed by atoms with E-state index in [9.17, 15) is 22.0 Å². The van der Waals surface area contributed by atoms with E-state index in [1.165, 1.54) is 0 Å². The summed E-state index contributed by atoms with van der Waals surface area (Å²) in [6, 6.07) is 0.650. The van der Waals surface area contributed by atoms with Crippen molar-refractivity contribution in [2.24, 2.45) is 0 Å². The molecule has 0 amide bonds. The lowest BCUT2D eigenvalue weighted by Crippen LogP contribution is -2.48. The lowest BCUT2D eigenvalue weighted by molar-refractivity contribution is 0.0323. The molecule has 29 heavy (non-hydrogen) atoms. The SMILES string of the molecule is CO[Si](CCCCCCCc1c(F)c(F)c(F)c(F)c1F)(OC(C)C)OC(C)C. The molecule has 0 N–H and O–H groups in total. The Kier molecular flexibility index (Phi) is 10.7. The number of unbranched alkanes of at least 4 members (excludes halogenated alkanes) is 4. The summed E-state index contributed by atoms with van der Waals surface area (Å²) in [6.07, 6.45) is 3.05. The monoisotopic (exact) mass is 442 g/mol. The maximum absolute atomic E-state index is 13.7. The molecule has 0 atom stereocenters. The van der Waals surface area contributed by atoms with Gasteiger partial charge in [-0.25, -0.2) is 22.0 Å². The van der Waals surface area contributed by atoms with Gasteiger partial charge in [0.2, 0.25) is 5.82 Å². The van der Waals surface area contributed by atoms with Crippen molar-refractivity contribution < 1.29 is 35.2 Å². The van der Waals surface area contributed by atoms with Crippen LogP contribution in [0, 0.1) is 29.1 Å². The molecule has 0 bridgehead atoms. The topological polar surface area (TPSA) is 27.7 Å². The van der Waals surface area contributed by atoms with E-state index in [1.807, 2.05) is 27.7 Å². The molecular formula is C20H31F5O3Si. The molecule has 0 saturated carbocycles. The predicted molar refractivity (Wildman–Crippen MR) is 103 cm³/mol. The predicted octanol–water partition coefficient (Wildman–Crippen LogP) is 6.31. The fourth-order valence-corrected chi connectivity index (χ4v) is 5.91. The summed E-state index contributed by atoms with van der Waals surface area (Å²) in [5.41, 5.74) is -0.747. The second-order valence-corrected chi connectivity index (χ2v) is 10.3. The van der Waals surface area contributed by atoms with Gasteiger partial charge in [-0.05, 0) is 47.0 Å². The molecule has 0 aliphatic heterocycles. The Morgan fingerprint density at radius 2 is 1.07 bits per heavy atom. The van der Waals surface area contributed by atoms with E-state index in [1.54, 1.807) is 7.11 Å². The zero-order valence-electron chi connectivity index (χ0n) is 17.7. The number of rotatable bonds is 13. The summed E-state index contributed by atoms with van der Waals surface area (Å²) >= 11 is 0. The molecule has 168 valence electrons. The van der Waals surface area contributed by atoms with E-state index in [4.69, 9.17) is 13.3 Å². The lowest BCUT2D eigenvalue weighted by atomic mass is 10.0. The quantitative estimate of drug-likeness (QED) is 0.118. The largest absolute Gasteiger partial charge is 0.501 e. The van der Waals surface area contributed by atoms with Crippen LogP contribution in [0.5, 0.6) is 0 Å². The highest BCUT2D eigenvalue weighted by Crippen LogP contribution is 2.26. The second kappa shape index (κ2) is 12.0. The van der Waals surface area contributed by atoms with Crippen LogP contribution < -0.4 is 0 Å². The van der Waals surface area contributed by atoms with Crippen molar-refractivity contribution in [2.75, 3.05) is 7.11 Å². The van der Waals surface area contributed by atoms with E-state index >= 15 is 0 Å². The number of benzene rings is 1. The zero-order chi connectivity index (χ0) is 22.2. The second-order valence-electron chi connectivity index (χ2n) is 7.54. The summed E-state index contributed by atoms with van der Waals surface area (Å²) in [4.78, 5) is 0. The molecule has 0 heterocycles. The Bertz CT molecular complexity index is 616. The maximum atomic E-state index is 13.7. The molecule has 1 aromatic carbocycles. The highest BCUT2D eigenvalue weighted by molar-refractivity contribution is 6.60. The number of hydrogen-bond acceptors (Lipinski definition) is 3. The standard InChI is InChI=1S/C20H31F5O3Si/c1-13(2)27-29(26-5,28-14(3)4)12-10-8-6-7-9-11-15-16(21)18(23)20(25)19(24)17(15)22/h13-14H,6-12H2,1-5H3. The van der Waals surface area contributed by atoms with Crippen LogP contribution in [0.3, 0.4) is 0 Å². The molecule has 0 spiro atoms. The van der Waals surface area contributed by atoms with Crippen molar-refractivity contribution in [2.45, 2.75) is 84.5 Å². The average Bonchev–Trinajstić information content (AvgIpc) is 2.65. The summed E-state index contributed by atoms with van der Waals surface area (Å²) < 4.78 is 84.3. The van der Waals surface area contributed by atoms with Crippen LogP contribution in [0.2, 0.25) is 6.04 Å². The average molecular weight is 443 g/mol. The Morgan fingerprint density at radius 1 is 0.655 bits per heavy atom. The van der Waals surface area contributed by atoms with E-state index in [0.717, 1.165) is 19.3 Å². The van der Waals surface area contributed by atoms with Crippen molar-refractivity contribution in [1.82, 2.24) is 0 Å². The molecule has 0 aliphatic carbocycles. The van der Waals surface area contributed by atoms with Crippen molar-refractivity contribution in [3.8, 4) is 0 Å². The molecule has 0 fully saturated rings. The van der Waals surface area contributed by atoms with Gasteiger partial charge >= 0.3 is 8.80 Å². The maximum Gasteiger partial charge on any atom is 0.501 e. The van der Waals surface area contributed by atoms with Crippen LogP contribution in [-0.2, 0) is 19.7 Å². The zero-order valence-corrected chi connectivity index (χ0v) is 18.7. The normalized spacial score (nSPS) is 12.4. The third-order valence-electron chi connectivity index (χ3n) is 4.35. The first-order valence-electron chi connectivity index (χ1n) is 9.95. The van der Waals surface area contributed by atoms with Gasteiger partial charge in [-0.2, -0.15) is 0 Å². The minimum atomic E-state index is -2.77. The Labute approximate surface area is 170 Å². The smallest absolute Gasteiger partial charge is 0.377 e. The van der Waals surface area contributed by atoms with Crippen molar-refractivity contribution >= 4 is 8.80 Å². The highest BCUT2D eigenvalue weighted by Gasteiger charge is 2.41. The first-order valence-corrected chi connectivity index (χ1v) is 11.9. The van der Waals surface area contributed by atoms with Gasteiger partial charge in [-0.1, -0.05) is 19.3 Å². The summed E-state index contributed by atoms with van der Waals surface area (Å²) in [5, 5.41) is 0. The van der Waals surface area contributed by atoms with Crippen LogP contribution in [0.25, 0.3) is 0 Å². The van der Waals surface area contributed by atoms with Gasteiger partial charge in [0.05, 0.1) is 0 Å². The van der Waals surface area contributed by atoms with E-state index in [-0.39, 0.29) is 18.6 Å². The van der Waals surface area contributed by atoms with Crippen LogP contribution in [0.15, 0.2) is 0 Å². The van der Waals surface area contributed by atoms with Gasteiger partial charge < -0.3 is 13.3 Å². The van der Waals surface area contributed by atoms with Gasteiger partial charge in [0.15, 0.2) is 23.3 Å². The van der Waals surface area contributed by atoms with Crippen LogP contribution in [-0.4, -0.2) is 28.1 Å². The number of halogens is 5. The first kappa shape index (κ1) is 26.0. The van der Waals surface area contributed by atoms with Gasteiger partial charge in [-0.15, -0.1) is 0 Å². The molecule has 0 aliphatic rings. The van der Waals surface area contributed by atoms with E-state index in [0.29, 0.717) is 18.9 Å². The minimum Gasteiger partial charge on any atom is -0.377 e. The Morgan fingerprint density at radius 3 is 1.52 bits per heavy atom. The molecule has 0 unspecified atom stereocenters. The fourth-order valence-electron chi connectivity index (χ4n) is 3.11. The van der Waals surface area contributed by atoms with E-state index < -0.39 is 43.5 Å². The summed E-state index contributed by atoms with van der Waals surface area (Å²) in [7, 11) is -1.18. The Balaban J connectivity index is 2.48. The van der Waals surface area contributed by atoms with Gasteiger partial charge in [0.25, 0.3) is 0 Å². The molecule has 3 nitrogen and oxygen atoms in total. The fraction of sp³-hybridized carbons (Fsp3) is 0.700. The molecule has 0 saturated heterocycles. The summed E-state index contributed by atoms with van der Waals surface area (Å²) in [5.74, 6) is -9.39. The molecule has 0 aromatic heterocycles. The van der Waals surface area contributed by atoms with E-state index in [2.05, 4.69) is 0 Å². The van der Waals surface area contributed by atoms with Gasteiger partial charge in [-0.3, -0.25) is 0 Å². The summed E-state index contributed by atoms with van der Waals surface area (Å²) in [6.45, 7) is 7.68. The molecule has 9 heteroatoms. The highest BCUT2D eigenvalue weighted by atomic mass is 28.4. The third-order valence-corrected chi connectivity index (χ3v) is 7.60. The van der Waals surface area contributed by atoms with Crippen LogP contribution in [0.1, 0.15) is 65.4 Å². The van der Waals surface area contributed by atoms with Crippen molar-refractivity contribution in [3.63, 3.8) is 0 Å². The van der Waals surface area contributed by atoms with Gasteiger partial charge in [0.1, 0.15) is 0 Å². The van der Waals surface area contributed by atoms with Crippen LogP contribution >= 0.6 is 0 Å². The molecular weight excluding hydrogens is 411 g/mol. The van der Waals surface area contributed by atoms with Gasteiger partial charge in [0, 0.05) is 30.9 Å². The number of hydrogen-bond donors (Lipinski definition) is 0. The lowest BCUT2D eigenvalue weighted by Gasteiger charge is -2.31. The van der Waals surface area contributed by atoms with Crippen molar-refractivity contribution in [1.29, 1.82) is 0 Å². The third kappa shape index (κ3) is 7.62. The molecule has 1 aromatic rings. The Hall–Kier alpha value is -1.03. The first-order chi connectivity index (χ1) is 13.5. The molecule has 1 rings (SSSR count). The van der Waals surface area contributed by atoms with Crippen LogP contribution in [0.4, 0.5) is 22.0 Å². The minimum absolute atomic E-state index is 0.0262. The molecule has 0 radical (unpaired) electrons.